The minimum Gasteiger partial charge on any atom is -0.368 e. The van der Waals surface area contributed by atoms with Crippen molar-refractivity contribution < 1.29 is 14.1 Å². The molecule has 2 aromatic rings. The molecule has 0 bridgehead atoms. The number of carbonyl (C=O) groups excluding carboxylic acids is 2. The molecule has 0 radical (unpaired) electrons. The van der Waals surface area contributed by atoms with Crippen LogP contribution in [0.2, 0.25) is 0 Å². The standard InChI is InChI=1S/C21H26N4O3/c1-14-5-4-6-18(16(14)3)23-7-9-24(10-8-23)21(27)17-12-20(26)25(13-17)19-11-15(2)28-22-19/h4-6,11,17H,7-10,12-13H2,1-3H3. The molecule has 2 fully saturated rings. The van der Waals surface area contributed by atoms with Gasteiger partial charge in [0.1, 0.15) is 5.76 Å². The Hall–Kier alpha value is -2.83. The third-order valence-corrected chi connectivity index (χ3v) is 5.87. The number of benzene rings is 1. The lowest BCUT2D eigenvalue weighted by molar-refractivity contribution is -0.136. The highest BCUT2D eigenvalue weighted by molar-refractivity contribution is 5.99. The fourth-order valence-corrected chi connectivity index (χ4v) is 4.08. The second-order valence-electron chi connectivity index (χ2n) is 7.73. The summed E-state index contributed by atoms with van der Waals surface area (Å²) in [7, 11) is 0. The molecule has 0 saturated carbocycles. The summed E-state index contributed by atoms with van der Waals surface area (Å²) in [5.41, 5.74) is 3.82. The number of hydrogen-bond donors (Lipinski definition) is 0. The van der Waals surface area contributed by atoms with Gasteiger partial charge < -0.3 is 14.3 Å². The molecule has 4 rings (SSSR count). The highest BCUT2D eigenvalue weighted by Gasteiger charge is 2.39. The highest BCUT2D eigenvalue weighted by Crippen LogP contribution is 2.28. The largest absolute Gasteiger partial charge is 0.368 e. The van der Waals surface area contributed by atoms with Crippen LogP contribution < -0.4 is 9.80 Å². The zero-order valence-corrected chi connectivity index (χ0v) is 16.6. The van der Waals surface area contributed by atoms with Crippen molar-refractivity contribution in [3.8, 4) is 0 Å². The molecule has 1 aromatic carbocycles. The average Bonchev–Trinajstić information content (AvgIpc) is 3.29. The summed E-state index contributed by atoms with van der Waals surface area (Å²) in [5, 5.41) is 3.91. The zero-order chi connectivity index (χ0) is 19.8. The van der Waals surface area contributed by atoms with Gasteiger partial charge in [-0.1, -0.05) is 17.3 Å². The monoisotopic (exact) mass is 382 g/mol. The van der Waals surface area contributed by atoms with Crippen LogP contribution in [0.5, 0.6) is 0 Å². The van der Waals surface area contributed by atoms with E-state index >= 15 is 0 Å². The number of amides is 2. The summed E-state index contributed by atoms with van der Waals surface area (Å²) < 4.78 is 5.06. The van der Waals surface area contributed by atoms with Crippen LogP contribution >= 0.6 is 0 Å². The maximum absolute atomic E-state index is 13.0. The Kier molecular flexibility index (Phi) is 4.83. The van der Waals surface area contributed by atoms with E-state index in [9.17, 15) is 9.59 Å². The van der Waals surface area contributed by atoms with E-state index in [0.717, 1.165) is 13.1 Å². The number of carbonyl (C=O) groups is 2. The summed E-state index contributed by atoms with van der Waals surface area (Å²) in [6.07, 6.45) is 0.238. The second kappa shape index (κ2) is 7.30. The van der Waals surface area contributed by atoms with E-state index in [1.54, 1.807) is 17.9 Å². The normalized spacial score (nSPS) is 20.2. The first kappa shape index (κ1) is 18.5. The van der Waals surface area contributed by atoms with Gasteiger partial charge in [0.25, 0.3) is 0 Å². The number of nitrogens with zero attached hydrogens (tertiary/aromatic N) is 4. The van der Waals surface area contributed by atoms with Crippen molar-refractivity contribution in [3.05, 3.63) is 41.2 Å². The number of rotatable bonds is 3. The molecule has 0 spiro atoms. The number of aryl methyl sites for hydroxylation is 2. The maximum Gasteiger partial charge on any atom is 0.229 e. The van der Waals surface area contributed by atoms with Gasteiger partial charge in [-0.3, -0.25) is 14.5 Å². The minimum atomic E-state index is -0.309. The molecule has 2 amide bonds. The molecule has 0 N–H and O–H groups in total. The molecule has 1 atom stereocenters. The van der Waals surface area contributed by atoms with Crippen molar-refractivity contribution >= 4 is 23.3 Å². The van der Waals surface area contributed by atoms with Crippen LogP contribution in [0.1, 0.15) is 23.3 Å². The first-order valence-electron chi connectivity index (χ1n) is 9.77. The highest BCUT2D eigenvalue weighted by atomic mass is 16.5. The Balaban J connectivity index is 1.38. The Morgan fingerprint density at radius 1 is 1.14 bits per heavy atom. The minimum absolute atomic E-state index is 0.0664. The molecule has 28 heavy (non-hydrogen) atoms. The van der Waals surface area contributed by atoms with Gasteiger partial charge in [-0.2, -0.15) is 0 Å². The molecule has 0 aliphatic carbocycles. The van der Waals surface area contributed by atoms with Crippen LogP contribution in [0.15, 0.2) is 28.8 Å². The van der Waals surface area contributed by atoms with Crippen LogP contribution in [0, 0.1) is 26.7 Å². The summed E-state index contributed by atoms with van der Waals surface area (Å²) >= 11 is 0. The van der Waals surface area contributed by atoms with Crippen LogP contribution in [-0.4, -0.2) is 54.6 Å². The lowest BCUT2D eigenvalue weighted by Crippen LogP contribution is -2.51. The predicted molar refractivity (Wildman–Crippen MR) is 106 cm³/mol. The van der Waals surface area contributed by atoms with Crippen molar-refractivity contribution in [1.29, 1.82) is 0 Å². The fraction of sp³-hybridized carbons (Fsp3) is 0.476. The summed E-state index contributed by atoms with van der Waals surface area (Å²) in [5.74, 6) is 0.840. The van der Waals surface area contributed by atoms with E-state index in [0.29, 0.717) is 31.2 Å². The lowest BCUT2D eigenvalue weighted by atomic mass is 10.1. The smallest absolute Gasteiger partial charge is 0.229 e. The van der Waals surface area contributed by atoms with Crippen LogP contribution in [-0.2, 0) is 9.59 Å². The third kappa shape index (κ3) is 3.37. The third-order valence-electron chi connectivity index (χ3n) is 5.87. The molecule has 2 aliphatic rings. The molecule has 2 saturated heterocycles. The molecule has 148 valence electrons. The van der Waals surface area contributed by atoms with Gasteiger partial charge >= 0.3 is 0 Å². The topological polar surface area (TPSA) is 69.9 Å². The van der Waals surface area contributed by atoms with Crippen LogP contribution in [0.4, 0.5) is 11.5 Å². The second-order valence-corrected chi connectivity index (χ2v) is 7.73. The van der Waals surface area contributed by atoms with Crippen LogP contribution in [0.25, 0.3) is 0 Å². The van der Waals surface area contributed by atoms with E-state index in [2.05, 4.69) is 42.1 Å². The van der Waals surface area contributed by atoms with Gasteiger partial charge in [0, 0.05) is 50.9 Å². The molecule has 7 nitrogen and oxygen atoms in total. The molecule has 2 aliphatic heterocycles. The summed E-state index contributed by atoms with van der Waals surface area (Å²) in [4.78, 5) is 31.1. The van der Waals surface area contributed by atoms with Crippen molar-refractivity contribution in [2.45, 2.75) is 27.2 Å². The molecule has 3 heterocycles. The number of piperazine rings is 1. The van der Waals surface area contributed by atoms with E-state index in [1.807, 2.05) is 4.90 Å². The summed E-state index contributed by atoms with van der Waals surface area (Å²) in [6.45, 7) is 9.41. The van der Waals surface area contributed by atoms with Crippen molar-refractivity contribution in [2.75, 3.05) is 42.5 Å². The first-order chi connectivity index (χ1) is 13.4. The quantitative estimate of drug-likeness (QED) is 0.815. The first-order valence-corrected chi connectivity index (χ1v) is 9.77. The Morgan fingerprint density at radius 2 is 1.89 bits per heavy atom. The lowest BCUT2D eigenvalue weighted by Gasteiger charge is -2.38. The van der Waals surface area contributed by atoms with Gasteiger partial charge in [-0.25, -0.2) is 0 Å². The molecular weight excluding hydrogens is 356 g/mol. The molecule has 1 aromatic heterocycles. The SMILES string of the molecule is Cc1cc(N2CC(C(=O)N3CCN(c4cccc(C)c4C)CC3)CC2=O)no1. The van der Waals surface area contributed by atoms with Gasteiger partial charge in [0.15, 0.2) is 5.82 Å². The number of anilines is 2. The van der Waals surface area contributed by atoms with Crippen LogP contribution in [0.3, 0.4) is 0 Å². The van der Waals surface area contributed by atoms with E-state index in [4.69, 9.17) is 4.52 Å². The molecular formula is C21H26N4O3. The van der Waals surface area contributed by atoms with Crippen molar-refractivity contribution in [2.24, 2.45) is 5.92 Å². The van der Waals surface area contributed by atoms with Gasteiger partial charge in [0.05, 0.1) is 5.92 Å². The van der Waals surface area contributed by atoms with Crippen molar-refractivity contribution in [1.82, 2.24) is 10.1 Å². The Morgan fingerprint density at radius 3 is 2.57 bits per heavy atom. The predicted octanol–water partition coefficient (Wildman–Crippen LogP) is 2.30. The van der Waals surface area contributed by atoms with E-state index < -0.39 is 0 Å². The van der Waals surface area contributed by atoms with Gasteiger partial charge in [-0.05, 0) is 38.0 Å². The molecule has 7 heteroatoms. The number of aromatic nitrogens is 1. The average molecular weight is 382 g/mol. The summed E-state index contributed by atoms with van der Waals surface area (Å²) in [6, 6.07) is 8.08. The Labute approximate surface area is 164 Å². The number of hydrogen-bond acceptors (Lipinski definition) is 5. The Bertz CT molecular complexity index is 899. The fourth-order valence-electron chi connectivity index (χ4n) is 4.08. The zero-order valence-electron chi connectivity index (χ0n) is 16.6. The van der Waals surface area contributed by atoms with Crippen molar-refractivity contribution in [3.63, 3.8) is 0 Å². The van der Waals surface area contributed by atoms with Gasteiger partial charge in [0.2, 0.25) is 11.8 Å². The van der Waals surface area contributed by atoms with Gasteiger partial charge in [-0.15, -0.1) is 0 Å². The van der Waals surface area contributed by atoms with E-state index in [1.165, 1.54) is 16.8 Å². The molecule has 1 unspecified atom stereocenters. The van der Waals surface area contributed by atoms with E-state index in [-0.39, 0.29) is 24.2 Å². The maximum atomic E-state index is 13.0.